The van der Waals surface area contributed by atoms with Gasteiger partial charge in [0.15, 0.2) is 5.82 Å². The number of fused-ring (bicyclic) bond motifs is 6. The van der Waals surface area contributed by atoms with Gasteiger partial charge >= 0.3 is 0 Å². The molecule has 0 saturated carbocycles. The van der Waals surface area contributed by atoms with Crippen LogP contribution < -0.4 is 10.5 Å². The molecule has 0 aliphatic carbocycles. The van der Waals surface area contributed by atoms with Crippen LogP contribution in [-0.4, -0.2) is 72.5 Å². The van der Waals surface area contributed by atoms with Gasteiger partial charge in [0.05, 0.1) is 30.1 Å². The molecule has 0 spiro atoms. The molecule has 8 rings (SSSR count). The van der Waals surface area contributed by atoms with E-state index in [9.17, 15) is 9.59 Å². The number of hydrogen-bond acceptors (Lipinski definition) is 6. The molecule has 4 aliphatic heterocycles. The lowest BCUT2D eigenvalue weighted by molar-refractivity contribution is -0.133. The first kappa shape index (κ1) is 28.5. The van der Waals surface area contributed by atoms with Crippen molar-refractivity contribution in [2.24, 2.45) is 18.7 Å². The summed E-state index contributed by atoms with van der Waals surface area (Å²) in [4.78, 5) is 41.5. The first-order chi connectivity index (χ1) is 21.8. The lowest BCUT2D eigenvalue weighted by Crippen LogP contribution is -2.40. The maximum absolute atomic E-state index is 13.8. The van der Waals surface area contributed by atoms with Gasteiger partial charge in [-0.05, 0) is 75.8 Å². The number of aryl methyl sites for hydroxylation is 2. The Morgan fingerprint density at radius 1 is 1.00 bits per heavy atom. The fourth-order valence-electron chi connectivity index (χ4n) is 8.69. The summed E-state index contributed by atoms with van der Waals surface area (Å²) in [7, 11) is 3.66. The third-order valence-electron chi connectivity index (χ3n) is 11.1. The Balaban J connectivity index is 1.22. The lowest BCUT2D eigenvalue weighted by atomic mass is 9.97. The third-order valence-corrected chi connectivity index (χ3v) is 11.1. The molecule has 0 unspecified atom stereocenters. The highest BCUT2D eigenvalue weighted by molar-refractivity contribution is 6.00. The van der Waals surface area contributed by atoms with Gasteiger partial charge in [0, 0.05) is 55.1 Å². The highest BCUT2D eigenvalue weighted by atomic mass is 16.5. The predicted octanol–water partition coefficient (Wildman–Crippen LogP) is 5.18. The molecule has 6 bridgehead atoms. The molecule has 5 atom stereocenters. The molecule has 10 heteroatoms. The quantitative estimate of drug-likeness (QED) is 0.343. The van der Waals surface area contributed by atoms with Crippen LogP contribution in [0.5, 0.6) is 5.75 Å². The number of methoxy groups -OCH3 is 1. The summed E-state index contributed by atoms with van der Waals surface area (Å²) in [5.74, 6) is 1.89. The van der Waals surface area contributed by atoms with Crippen molar-refractivity contribution in [1.29, 1.82) is 0 Å². The molecule has 3 fully saturated rings. The number of rotatable bonds is 3. The van der Waals surface area contributed by atoms with Crippen LogP contribution in [0.3, 0.4) is 0 Å². The molecule has 3 saturated heterocycles. The molecule has 45 heavy (non-hydrogen) atoms. The zero-order valence-electron chi connectivity index (χ0n) is 26.5. The van der Waals surface area contributed by atoms with E-state index in [1.807, 2.05) is 29.0 Å². The van der Waals surface area contributed by atoms with E-state index in [0.29, 0.717) is 11.3 Å². The maximum Gasteiger partial charge on any atom is 0.254 e. The summed E-state index contributed by atoms with van der Waals surface area (Å²) in [6, 6.07) is 10.5. The number of nitrogens with two attached hydrogens (primary N) is 1. The van der Waals surface area contributed by atoms with E-state index in [0.717, 1.165) is 110 Å². The molecule has 1 aromatic carbocycles. The summed E-state index contributed by atoms with van der Waals surface area (Å²) >= 11 is 0. The third kappa shape index (κ3) is 4.47. The Hall–Kier alpha value is -3.92. The van der Waals surface area contributed by atoms with Gasteiger partial charge in [-0.2, -0.15) is 0 Å². The molecular weight excluding hydrogens is 566 g/mol. The number of carbonyl (C=O) groups excluding carboxylic acids is 2. The largest absolute Gasteiger partial charge is 0.494 e. The maximum atomic E-state index is 13.8. The summed E-state index contributed by atoms with van der Waals surface area (Å²) in [5, 5.41) is 1.05. The SMILES string of the molecule is COc1cc(C(=O)N2[C@H]3CC[C@@H]2[C@H](N)C3)cc2nc(-c3cc4ccc5nc4n3CCCCCC[C@@H]3CCN(C3=O)[C@@H]5C)n(C)c12. The van der Waals surface area contributed by atoms with Gasteiger partial charge in [0.2, 0.25) is 5.91 Å². The highest BCUT2D eigenvalue weighted by Crippen LogP contribution is 2.40. The Morgan fingerprint density at radius 3 is 2.62 bits per heavy atom. The van der Waals surface area contributed by atoms with E-state index in [-0.39, 0.29) is 41.9 Å². The Labute approximate surface area is 263 Å². The van der Waals surface area contributed by atoms with Crippen LogP contribution in [0.25, 0.3) is 33.6 Å². The molecule has 10 nitrogen and oxygen atoms in total. The number of ether oxygens (including phenoxy) is 1. The van der Waals surface area contributed by atoms with Crippen molar-refractivity contribution in [1.82, 2.24) is 28.9 Å². The molecule has 236 valence electrons. The number of pyridine rings is 1. The number of nitrogens with zero attached hydrogens (tertiary/aromatic N) is 6. The van der Waals surface area contributed by atoms with Crippen LogP contribution in [0, 0.1) is 5.92 Å². The minimum atomic E-state index is -0.0713. The second-order valence-electron chi connectivity index (χ2n) is 13.7. The zero-order chi connectivity index (χ0) is 31.0. The first-order valence-electron chi connectivity index (χ1n) is 16.8. The first-order valence-corrected chi connectivity index (χ1v) is 16.8. The topological polar surface area (TPSA) is 112 Å². The molecule has 2 amide bonds. The van der Waals surface area contributed by atoms with E-state index in [1.165, 1.54) is 0 Å². The number of benzene rings is 1. The lowest BCUT2D eigenvalue weighted by Gasteiger charge is -2.25. The Bertz CT molecular complexity index is 1820. The molecule has 0 radical (unpaired) electrons. The van der Waals surface area contributed by atoms with Crippen LogP contribution in [-0.2, 0) is 18.4 Å². The normalized spacial score (nSPS) is 26.8. The van der Waals surface area contributed by atoms with Crippen molar-refractivity contribution in [3.63, 3.8) is 0 Å². The van der Waals surface area contributed by atoms with E-state index in [2.05, 4.69) is 34.3 Å². The van der Waals surface area contributed by atoms with E-state index in [1.54, 1.807) is 7.11 Å². The fourth-order valence-corrected chi connectivity index (χ4v) is 8.69. The number of hydrogen-bond donors (Lipinski definition) is 1. The van der Waals surface area contributed by atoms with Gasteiger partial charge in [-0.15, -0.1) is 0 Å². The predicted molar refractivity (Wildman–Crippen MR) is 173 cm³/mol. The van der Waals surface area contributed by atoms with Crippen LogP contribution in [0.4, 0.5) is 0 Å². The molecule has 7 heterocycles. The van der Waals surface area contributed by atoms with Crippen LogP contribution >= 0.6 is 0 Å². The van der Waals surface area contributed by atoms with E-state index < -0.39 is 0 Å². The minimum absolute atomic E-state index is 0.0128. The van der Waals surface area contributed by atoms with Crippen molar-refractivity contribution >= 4 is 33.9 Å². The van der Waals surface area contributed by atoms with Gasteiger partial charge < -0.3 is 29.4 Å². The molecule has 2 N–H and O–H groups in total. The van der Waals surface area contributed by atoms with E-state index in [4.69, 9.17) is 20.4 Å². The highest BCUT2D eigenvalue weighted by Gasteiger charge is 2.47. The van der Waals surface area contributed by atoms with Crippen LogP contribution in [0.15, 0.2) is 30.3 Å². The smallest absolute Gasteiger partial charge is 0.254 e. The Morgan fingerprint density at radius 2 is 1.84 bits per heavy atom. The van der Waals surface area contributed by atoms with Crippen molar-refractivity contribution in [2.45, 2.75) is 95.4 Å². The summed E-state index contributed by atoms with van der Waals surface area (Å²) < 4.78 is 10.3. The average molecular weight is 610 g/mol. The average Bonchev–Trinajstić information content (AvgIpc) is 3.85. The standard InChI is InChI=1S/C35H43N7O3/c1-20-26-11-9-22-17-29(41(32(22)37-26)14-7-5-4-6-8-21-13-15-40(20)34(21)43)33-38-27-16-23(18-30(45-3)31(27)39(33)2)35(44)42-24-10-12-28(42)25(36)19-24/h9,11,16-18,20-21,24-25,28H,4-8,10,12-15,19,36H2,1-3H3/t20-,21-,24+,25-,28-/m1/s1. The number of carbonyl (C=O) groups is 2. The van der Waals surface area contributed by atoms with Crippen LogP contribution in [0.2, 0.25) is 0 Å². The molecule has 4 aliphatic rings. The second-order valence-corrected chi connectivity index (χ2v) is 13.7. The fraction of sp³-hybridized carbons (Fsp3) is 0.543. The minimum Gasteiger partial charge on any atom is -0.494 e. The van der Waals surface area contributed by atoms with Gasteiger partial charge in [0.1, 0.15) is 16.9 Å². The van der Waals surface area contributed by atoms with Gasteiger partial charge in [-0.3, -0.25) is 9.59 Å². The van der Waals surface area contributed by atoms with Gasteiger partial charge in [0.25, 0.3) is 5.91 Å². The van der Waals surface area contributed by atoms with Gasteiger partial charge in [-0.25, -0.2) is 9.97 Å². The number of aromatic nitrogens is 4. The van der Waals surface area contributed by atoms with Crippen molar-refractivity contribution in [3.8, 4) is 17.3 Å². The van der Waals surface area contributed by atoms with Crippen LogP contribution in [0.1, 0.15) is 86.8 Å². The van der Waals surface area contributed by atoms with Crippen molar-refractivity contribution < 1.29 is 14.3 Å². The van der Waals surface area contributed by atoms with Gasteiger partial charge in [-0.1, -0.05) is 19.3 Å². The molecule has 3 aromatic heterocycles. The summed E-state index contributed by atoms with van der Waals surface area (Å²) in [5.41, 5.74) is 11.4. The number of amides is 2. The molecule has 4 aromatic rings. The van der Waals surface area contributed by atoms with Crippen molar-refractivity contribution in [3.05, 3.63) is 41.6 Å². The monoisotopic (exact) mass is 609 g/mol. The van der Waals surface area contributed by atoms with E-state index >= 15 is 0 Å². The molecular formula is C35H43N7O3. The summed E-state index contributed by atoms with van der Waals surface area (Å²) in [6.07, 6.45) is 9.12. The van der Waals surface area contributed by atoms with Crippen molar-refractivity contribution in [2.75, 3.05) is 13.7 Å². The second kappa shape index (κ2) is 10.9. The number of imidazole rings is 1. The Kier molecular flexibility index (Phi) is 6.89. The zero-order valence-corrected chi connectivity index (χ0v) is 26.5. The summed E-state index contributed by atoms with van der Waals surface area (Å²) in [6.45, 7) is 3.74.